The van der Waals surface area contributed by atoms with Crippen molar-refractivity contribution in [3.63, 3.8) is 0 Å². The predicted octanol–water partition coefficient (Wildman–Crippen LogP) is 6.65. The van der Waals surface area contributed by atoms with E-state index in [0.717, 1.165) is 5.56 Å². The number of non-ortho nitro benzene ring substituents is 1. The number of halogens is 3. The lowest BCUT2D eigenvalue weighted by Crippen LogP contribution is -2.09. The maximum absolute atomic E-state index is 12.5. The van der Waals surface area contributed by atoms with Gasteiger partial charge in [0.25, 0.3) is 5.69 Å². The number of nitro benzene ring substituents is 1. The molecule has 11 heteroatoms. The maximum Gasteiger partial charge on any atom is 0.363 e. The number of ether oxygens (including phenoxy) is 2. The Morgan fingerprint density at radius 3 is 2.40 bits per heavy atom. The number of rotatable bonds is 5. The first-order valence-electron chi connectivity index (χ1n) is 9.87. The fraction of sp³-hybridized carbons (Fsp3) is 0.0417. The van der Waals surface area contributed by atoms with Gasteiger partial charge >= 0.3 is 11.9 Å². The van der Waals surface area contributed by atoms with E-state index in [9.17, 15) is 19.7 Å². The number of aryl methyl sites for hydroxylation is 1. The smallest absolute Gasteiger partial charge is 0.363 e. The number of carbonyl (C=O) groups is 2. The molecule has 0 aliphatic carbocycles. The Kier molecular flexibility index (Phi) is 7.15. The maximum atomic E-state index is 12.5. The largest absolute Gasteiger partial charge is 0.421 e. The van der Waals surface area contributed by atoms with Crippen LogP contribution in [0, 0.1) is 17.0 Å². The third kappa shape index (κ3) is 5.50. The number of cyclic esters (lactones) is 1. The molecule has 3 aromatic carbocycles. The highest BCUT2D eigenvalue weighted by molar-refractivity contribution is 9.11. The van der Waals surface area contributed by atoms with E-state index in [-0.39, 0.29) is 33.6 Å². The van der Waals surface area contributed by atoms with Crippen molar-refractivity contribution in [2.75, 3.05) is 0 Å². The number of esters is 2. The number of hydrogen-bond acceptors (Lipinski definition) is 7. The van der Waals surface area contributed by atoms with Crippen LogP contribution in [0.15, 0.2) is 74.2 Å². The van der Waals surface area contributed by atoms with E-state index in [0.29, 0.717) is 20.1 Å². The van der Waals surface area contributed by atoms with Crippen LogP contribution in [-0.2, 0) is 9.53 Å². The van der Waals surface area contributed by atoms with Gasteiger partial charge in [-0.15, -0.1) is 0 Å². The van der Waals surface area contributed by atoms with E-state index < -0.39 is 16.9 Å². The van der Waals surface area contributed by atoms with Gasteiger partial charge in [0.05, 0.1) is 30.0 Å². The third-order valence-corrected chi connectivity index (χ3v) is 6.33. The standard InChI is InChI=1S/C24H13Br2ClN2O6/c1-12-2-4-14(5-3-12)23(30)34-21-17(25)8-13(9-18(21)26)10-20-24(31)35-22(28-20)16-11-15(29(32)33)6-7-19(16)27/h2-11H,1H3/b20-10-. The summed E-state index contributed by atoms with van der Waals surface area (Å²) in [7, 11) is 0. The fourth-order valence-electron chi connectivity index (χ4n) is 3.07. The molecule has 1 aliphatic heterocycles. The Labute approximate surface area is 220 Å². The number of hydrogen-bond donors (Lipinski definition) is 0. The van der Waals surface area contributed by atoms with Gasteiger partial charge in [-0.25, -0.2) is 14.6 Å². The molecule has 0 aromatic heterocycles. The molecular weight excluding hydrogens is 608 g/mol. The van der Waals surface area contributed by atoms with Gasteiger partial charge < -0.3 is 9.47 Å². The Morgan fingerprint density at radius 2 is 1.77 bits per heavy atom. The first-order valence-corrected chi connectivity index (χ1v) is 11.8. The first kappa shape index (κ1) is 24.8. The molecule has 176 valence electrons. The van der Waals surface area contributed by atoms with E-state index in [4.69, 9.17) is 21.1 Å². The van der Waals surface area contributed by atoms with Gasteiger partial charge in [0.1, 0.15) is 0 Å². The highest BCUT2D eigenvalue weighted by atomic mass is 79.9. The summed E-state index contributed by atoms with van der Waals surface area (Å²) >= 11 is 12.9. The van der Waals surface area contributed by atoms with E-state index in [2.05, 4.69) is 36.9 Å². The molecule has 0 bridgehead atoms. The van der Waals surface area contributed by atoms with Crippen molar-refractivity contribution in [2.24, 2.45) is 4.99 Å². The zero-order valence-corrected chi connectivity index (χ0v) is 21.7. The normalized spacial score (nSPS) is 14.0. The average molecular weight is 621 g/mol. The van der Waals surface area contributed by atoms with Gasteiger partial charge in [0, 0.05) is 12.1 Å². The summed E-state index contributed by atoms with van der Waals surface area (Å²) in [6.07, 6.45) is 1.46. The molecule has 0 N–H and O–H groups in total. The molecule has 8 nitrogen and oxygen atoms in total. The first-order chi connectivity index (χ1) is 16.6. The Bertz CT molecular complexity index is 1430. The summed E-state index contributed by atoms with van der Waals surface area (Å²) in [4.78, 5) is 39.5. The fourth-order valence-corrected chi connectivity index (χ4v) is 4.66. The summed E-state index contributed by atoms with van der Waals surface area (Å²) in [5, 5.41) is 11.2. The van der Waals surface area contributed by atoms with E-state index in [1.807, 2.05) is 19.1 Å². The van der Waals surface area contributed by atoms with E-state index in [1.165, 1.54) is 24.3 Å². The van der Waals surface area contributed by atoms with E-state index in [1.54, 1.807) is 24.3 Å². The Balaban J connectivity index is 1.61. The number of benzene rings is 3. The molecule has 0 unspecified atom stereocenters. The van der Waals surface area contributed by atoms with Gasteiger partial charge in [-0.3, -0.25) is 10.1 Å². The van der Waals surface area contributed by atoms with Crippen LogP contribution >= 0.6 is 43.5 Å². The van der Waals surface area contributed by atoms with Crippen LogP contribution in [-0.4, -0.2) is 22.8 Å². The molecule has 4 rings (SSSR count). The van der Waals surface area contributed by atoms with Gasteiger partial charge in [0.15, 0.2) is 11.4 Å². The summed E-state index contributed by atoms with van der Waals surface area (Å²) < 4.78 is 11.6. The zero-order chi connectivity index (χ0) is 25.3. The topological polar surface area (TPSA) is 108 Å². The lowest BCUT2D eigenvalue weighted by Gasteiger charge is -2.10. The van der Waals surface area contributed by atoms with Gasteiger partial charge in [-0.2, -0.15) is 0 Å². The third-order valence-electron chi connectivity index (χ3n) is 4.82. The van der Waals surface area contributed by atoms with Crippen LogP contribution in [0.3, 0.4) is 0 Å². The number of aliphatic imine (C=N–C) groups is 1. The van der Waals surface area contributed by atoms with Crippen LogP contribution in [0.1, 0.15) is 27.0 Å². The number of nitrogens with zero attached hydrogens (tertiary/aromatic N) is 2. The molecule has 0 amide bonds. The lowest BCUT2D eigenvalue weighted by molar-refractivity contribution is -0.384. The highest BCUT2D eigenvalue weighted by Gasteiger charge is 2.27. The van der Waals surface area contributed by atoms with Crippen LogP contribution in [0.2, 0.25) is 5.02 Å². The minimum atomic E-state index is -0.746. The van der Waals surface area contributed by atoms with E-state index >= 15 is 0 Å². The molecule has 35 heavy (non-hydrogen) atoms. The number of nitro groups is 1. The molecule has 0 saturated carbocycles. The second-order valence-electron chi connectivity index (χ2n) is 7.33. The molecule has 1 heterocycles. The molecular formula is C24H13Br2ClN2O6. The van der Waals surface area contributed by atoms with Gasteiger partial charge in [0.2, 0.25) is 5.90 Å². The second-order valence-corrected chi connectivity index (χ2v) is 9.44. The second kappa shape index (κ2) is 10.1. The SMILES string of the molecule is Cc1ccc(C(=O)Oc2c(Br)cc(/C=C3\N=C(c4cc([N+](=O)[O-])ccc4Cl)OC3=O)cc2Br)cc1. The number of carbonyl (C=O) groups excluding carboxylic acids is 2. The predicted molar refractivity (Wildman–Crippen MR) is 137 cm³/mol. The molecule has 0 fully saturated rings. The van der Waals surface area contributed by atoms with Crippen LogP contribution in [0.5, 0.6) is 5.75 Å². The molecule has 0 spiro atoms. The van der Waals surface area contributed by atoms with Crippen LogP contribution in [0.4, 0.5) is 5.69 Å². The minimum Gasteiger partial charge on any atom is -0.421 e. The highest BCUT2D eigenvalue weighted by Crippen LogP contribution is 2.36. The van der Waals surface area contributed by atoms with Crippen molar-refractivity contribution in [3.8, 4) is 5.75 Å². The van der Waals surface area contributed by atoms with Crippen molar-refractivity contribution in [1.29, 1.82) is 0 Å². The Morgan fingerprint density at radius 1 is 1.11 bits per heavy atom. The van der Waals surface area contributed by atoms with Crippen LogP contribution < -0.4 is 4.74 Å². The molecule has 0 atom stereocenters. The average Bonchev–Trinajstić information content (AvgIpc) is 3.16. The molecule has 0 radical (unpaired) electrons. The molecule has 0 saturated heterocycles. The summed E-state index contributed by atoms with van der Waals surface area (Å²) in [5.41, 5.74) is 1.83. The van der Waals surface area contributed by atoms with Gasteiger partial charge in [-0.1, -0.05) is 29.3 Å². The monoisotopic (exact) mass is 618 g/mol. The minimum absolute atomic E-state index is 0.0363. The van der Waals surface area contributed by atoms with Crippen LogP contribution in [0.25, 0.3) is 6.08 Å². The molecule has 1 aliphatic rings. The van der Waals surface area contributed by atoms with Crippen molar-refractivity contribution < 1.29 is 24.0 Å². The zero-order valence-electron chi connectivity index (χ0n) is 17.8. The van der Waals surface area contributed by atoms with Crippen molar-refractivity contribution in [1.82, 2.24) is 0 Å². The summed E-state index contributed by atoms with van der Waals surface area (Å²) in [6.45, 7) is 1.92. The van der Waals surface area contributed by atoms with Crippen molar-refractivity contribution >= 4 is 73.1 Å². The lowest BCUT2D eigenvalue weighted by atomic mass is 10.1. The van der Waals surface area contributed by atoms with Gasteiger partial charge in [-0.05, 0) is 80.8 Å². The molecule has 3 aromatic rings. The van der Waals surface area contributed by atoms with Crippen molar-refractivity contribution in [2.45, 2.75) is 6.92 Å². The summed E-state index contributed by atoms with van der Waals surface area (Å²) in [6, 6.07) is 14.0. The Hall–Kier alpha value is -3.34. The summed E-state index contributed by atoms with van der Waals surface area (Å²) in [5.74, 6) is -1.15. The quantitative estimate of drug-likeness (QED) is 0.104. The van der Waals surface area contributed by atoms with Crippen molar-refractivity contribution in [3.05, 3.63) is 107 Å².